The zero-order chi connectivity index (χ0) is 26.1. The summed E-state index contributed by atoms with van der Waals surface area (Å²) in [4.78, 5) is 25.1. The van der Waals surface area contributed by atoms with Crippen LogP contribution in [0.25, 0.3) is 17.0 Å². The van der Waals surface area contributed by atoms with Gasteiger partial charge in [-0.15, -0.1) is 0 Å². The smallest absolute Gasteiger partial charge is 0.305 e. The molecular formula is C30H36ClNO4. The lowest BCUT2D eigenvalue weighted by molar-refractivity contribution is -0.141. The minimum absolute atomic E-state index is 0.0464. The van der Waals surface area contributed by atoms with Crippen molar-refractivity contribution >= 4 is 40.3 Å². The van der Waals surface area contributed by atoms with Crippen LogP contribution in [0.4, 0.5) is 0 Å². The number of ketones is 1. The van der Waals surface area contributed by atoms with Gasteiger partial charge < -0.3 is 14.0 Å². The second-order valence-electron chi connectivity index (χ2n) is 9.38. The zero-order valence-corrected chi connectivity index (χ0v) is 22.4. The van der Waals surface area contributed by atoms with Crippen molar-refractivity contribution in [2.45, 2.75) is 52.1 Å². The molecule has 1 heterocycles. The molecule has 0 saturated carbocycles. The van der Waals surface area contributed by atoms with Crippen LogP contribution < -0.4 is 0 Å². The number of unbranched alkanes of at least 4 members (excludes halogenated alkanes) is 2. The van der Waals surface area contributed by atoms with Crippen molar-refractivity contribution in [3.63, 3.8) is 0 Å². The number of halogens is 1. The Bertz CT molecular complexity index is 1230. The Labute approximate surface area is 219 Å². The number of hydrogen-bond acceptors (Lipinski definition) is 4. The van der Waals surface area contributed by atoms with E-state index in [4.69, 9.17) is 21.1 Å². The molecule has 192 valence electrons. The number of rotatable bonds is 13. The highest BCUT2D eigenvalue weighted by Gasteiger charge is 2.23. The number of ether oxygens (including phenoxy) is 2. The lowest BCUT2D eigenvalue weighted by Crippen LogP contribution is -2.13. The predicted molar refractivity (Wildman–Crippen MR) is 146 cm³/mol. The van der Waals surface area contributed by atoms with Crippen LogP contribution in [-0.4, -0.2) is 30.5 Å². The van der Waals surface area contributed by atoms with Gasteiger partial charge in [0.1, 0.15) is 0 Å². The summed E-state index contributed by atoms with van der Waals surface area (Å²) in [6.07, 6.45) is 8.61. The average Bonchev–Trinajstić information content (AvgIpc) is 3.12. The second kappa shape index (κ2) is 13.4. The van der Waals surface area contributed by atoms with E-state index in [0.29, 0.717) is 18.1 Å². The molecule has 36 heavy (non-hydrogen) atoms. The number of benzene rings is 2. The fraction of sp³-hybridized carbons (Fsp3) is 0.400. The number of nitrogens with zero attached hydrogens (tertiary/aromatic N) is 1. The molecule has 1 atom stereocenters. The van der Waals surface area contributed by atoms with Gasteiger partial charge in [-0.3, -0.25) is 9.59 Å². The first-order valence-electron chi connectivity index (χ1n) is 12.4. The topological polar surface area (TPSA) is 57.5 Å². The zero-order valence-electron chi connectivity index (χ0n) is 21.7. The van der Waals surface area contributed by atoms with Crippen LogP contribution in [0.1, 0.15) is 66.2 Å². The number of hydrogen-bond donors (Lipinski definition) is 0. The highest BCUT2D eigenvalue weighted by atomic mass is 35.5. The summed E-state index contributed by atoms with van der Waals surface area (Å²) >= 11 is 6.29. The van der Waals surface area contributed by atoms with Crippen LogP contribution in [0.2, 0.25) is 5.02 Å². The van der Waals surface area contributed by atoms with Gasteiger partial charge in [0, 0.05) is 54.2 Å². The molecule has 0 radical (unpaired) electrons. The third-order valence-corrected chi connectivity index (χ3v) is 6.68. The molecule has 3 rings (SSSR count). The standard InChI is InChI=1S/C30H36ClNO4/c1-21(17-29(34)36-4)16-28(33)30-25-19-24(31)14-15-26(25)32(2)27(30)13-8-6-5-7-10-22-11-9-12-23(18-22)20-35-3/h7,9-12,14-15,18-19,21H,5-6,8,13,16-17,20H2,1-4H3/b10-7+. The quantitative estimate of drug-likeness (QED) is 0.139. The molecule has 1 aromatic heterocycles. The van der Waals surface area contributed by atoms with Gasteiger partial charge in [0.05, 0.1) is 13.7 Å². The number of Topliss-reactive ketones (excluding diaryl/α,β-unsaturated/α-hetero) is 1. The van der Waals surface area contributed by atoms with Crippen LogP contribution in [0, 0.1) is 5.92 Å². The highest BCUT2D eigenvalue weighted by molar-refractivity contribution is 6.31. The van der Waals surface area contributed by atoms with Gasteiger partial charge in [-0.2, -0.15) is 0 Å². The average molecular weight is 510 g/mol. The van der Waals surface area contributed by atoms with E-state index in [-0.39, 0.29) is 24.1 Å². The molecule has 2 aromatic carbocycles. The maximum atomic E-state index is 13.4. The molecule has 3 aromatic rings. The van der Waals surface area contributed by atoms with E-state index in [1.807, 2.05) is 38.2 Å². The molecule has 6 heteroatoms. The molecule has 0 aliphatic rings. The Morgan fingerprint density at radius 3 is 2.64 bits per heavy atom. The number of carbonyl (C=O) groups is 2. The molecule has 0 bridgehead atoms. The summed E-state index contributed by atoms with van der Waals surface area (Å²) in [6, 6.07) is 14.0. The fourth-order valence-electron chi connectivity index (χ4n) is 4.66. The number of methoxy groups -OCH3 is 2. The molecule has 0 N–H and O–H groups in total. The van der Waals surface area contributed by atoms with Crippen molar-refractivity contribution < 1.29 is 19.1 Å². The molecule has 1 unspecified atom stereocenters. The Morgan fingerprint density at radius 1 is 1.08 bits per heavy atom. The number of esters is 1. The summed E-state index contributed by atoms with van der Waals surface area (Å²) in [5.74, 6) is -0.347. The van der Waals surface area contributed by atoms with Gasteiger partial charge in [0.25, 0.3) is 0 Å². The predicted octanol–water partition coefficient (Wildman–Crippen LogP) is 7.18. The van der Waals surface area contributed by atoms with Gasteiger partial charge in [-0.25, -0.2) is 0 Å². The van der Waals surface area contributed by atoms with Crippen molar-refractivity contribution in [3.8, 4) is 0 Å². The van der Waals surface area contributed by atoms with Crippen molar-refractivity contribution in [2.24, 2.45) is 13.0 Å². The van der Waals surface area contributed by atoms with Gasteiger partial charge in [-0.1, -0.05) is 48.9 Å². The van der Waals surface area contributed by atoms with Crippen LogP contribution >= 0.6 is 11.6 Å². The van der Waals surface area contributed by atoms with Gasteiger partial charge in [0.15, 0.2) is 5.78 Å². The Morgan fingerprint density at radius 2 is 1.89 bits per heavy atom. The Balaban J connectivity index is 1.69. The molecule has 0 aliphatic carbocycles. The van der Waals surface area contributed by atoms with Crippen molar-refractivity contribution in [3.05, 3.63) is 75.9 Å². The Hall–Kier alpha value is -2.89. The summed E-state index contributed by atoms with van der Waals surface area (Å²) in [6.45, 7) is 2.52. The number of allylic oxidation sites excluding steroid dienone is 1. The lowest BCUT2D eigenvalue weighted by Gasteiger charge is -2.11. The molecular weight excluding hydrogens is 474 g/mol. The summed E-state index contributed by atoms with van der Waals surface area (Å²) in [7, 11) is 5.08. The van der Waals surface area contributed by atoms with Crippen molar-refractivity contribution in [1.29, 1.82) is 0 Å². The van der Waals surface area contributed by atoms with E-state index in [1.54, 1.807) is 7.11 Å². The molecule has 0 fully saturated rings. The minimum atomic E-state index is -0.296. The van der Waals surface area contributed by atoms with Crippen molar-refractivity contribution in [1.82, 2.24) is 4.57 Å². The van der Waals surface area contributed by atoms with E-state index in [1.165, 1.54) is 12.7 Å². The van der Waals surface area contributed by atoms with E-state index < -0.39 is 0 Å². The molecule has 0 spiro atoms. The first-order valence-corrected chi connectivity index (χ1v) is 12.8. The summed E-state index contributed by atoms with van der Waals surface area (Å²) in [5.41, 5.74) is 5.09. The van der Waals surface area contributed by atoms with Crippen LogP contribution in [-0.2, 0) is 34.3 Å². The van der Waals surface area contributed by atoms with E-state index >= 15 is 0 Å². The first-order chi connectivity index (χ1) is 17.3. The van der Waals surface area contributed by atoms with E-state index in [0.717, 1.165) is 53.4 Å². The third-order valence-electron chi connectivity index (χ3n) is 6.44. The van der Waals surface area contributed by atoms with Crippen LogP contribution in [0.3, 0.4) is 0 Å². The van der Waals surface area contributed by atoms with Gasteiger partial charge in [0.2, 0.25) is 0 Å². The largest absolute Gasteiger partial charge is 0.469 e. The molecule has 0 amide bonds. The third kappa shape index (κ3) is 7.31. The maximum Gasteiger partial charge on any atom is 0.305 e. The minimum Gasteiger partial charge on any atom is -0.469 e. The van der Waals surface area contributed by atoms with Crippen LogP contribution in [0.5, 0.6) is 0 Å². The number of aromatic nitrogens is 1. The normalized spacial score (nSPS) is 12.4. The van der Waals surface area contributed by atoms with Gasteiger partial charge in [-0.05, 0) is 67.0 Å². The van der Waals surface area contributed by atoms with Crippen LogP contribution in [0.15, 0.2) is 48.5 Å². The Kier molecular flexibility index (Phi) is 10.3. The number of aryl methyl sites for hydroxylation is 1. The second-order valence-corrected chi connectivity index (χ2v) is 9.82. The molecule has 0 aliphatic heterocycles. The number of fused-ring (bicyclic) bond motifs is 1. The van der Waals surface area contributed by atoms with Crippen molar-refractivity contribution in [2.75, 3.05) is 14.2 Å². The highest BCUT2D eigenvalue weighted by Crippen LogP contribution is 2.31. The van der Waals surface area contributed by atoms with E-state index in [2.05, 4.69) is 34.9 Å². The lowest BCUT2D eigenvalue weighted by atomic mass is 9.94. The SMILES string of the molecule is COCc1cccc(/C=C/CCCCc2c(C(=O)CC(C)CC(=O)OC)c3cc(Cl)ccc3n2C)c1. The molecule has 0 saturated heterocycles. The van der Waals surface area contributed by atoms with E-state index in [9.17, 15) is 9.59 Å². The maximum absolute atomic E-state index is 13.4. The summed E-state index contributed by atoms with van der Waals surface area (Å²) < 4.78 is 12.1. The number of carbonyl (C=O) groups excluding carboxylic acids is 2. The first kappa shape index (κ1) is 27.7. The molecule has 5 nitrogen and oxygen atoms in total. The fourth-order valence-corrected chi connectivity index (χ4v) is 4.83. The summed E-state index contributed by atoms with van der Waals surface area (Å²) in [5, 5.41) is 1.49. The monoisotopic (exact) mass is 509 g/mol. The van der Waals surface area contributed by atoms with Gasteiger partial charge >= 0.3 is 5.97 Å².